The molecular weight excluding hydrogens is 327 g/mol. The van der Waals surface area contributed by atoms with Gasteiger partial charge in [-0.3, -0.25) is 4.79 Å². The highest BCUT2D eigenvalue weighted by atomic mass is 31.1. The fourth-order valence-electron chi connectivity index (χ4n) is 3.83. The van der Waals surface area contributed by atoms with Crippen LogP contribution in [0.4, 0.5) is 0 Å². The average Bonchev–Trinajstić information content (AvgIpc) is 2.87. The molecule has 3 heteroatoms. The fourth-order valence-corrected chi connectivity index (χ4v) is 5.52. The summed E-state index contributed by atoms with van der Waals surface area (Å²) in [6, 6.07) is 17.4. The summed E-state index contributed by atoms with van der Waals surface area (Å²) in [5.74, 6) is -0.0389. The van der Waals surface area contributed by atoms with Gasteiger partial charge in [-0.15, -0.1) is 0 Å². The van der Waals surface area contributed by atoms with E-state index in [-0.39, 0.29) is 5.78 Å². The van der Waals surface area contributed by atoms with E-state index in [1.165, 1.54) is 0 Å². The predicted octanol–water partition coefficient (Wildman–Crippen LogP) is 4.60. The van der Waals surface area contributed by atoms with E-state index in [0.29, 0.717) is 10.9 Å². The molecular formula is C22H18O2P+. The third-order valence-corrected chi connectivity index (χ3v) is 6.52. The molecule has 1 aliphatic heterocycles. The number of fused-ring (bicyclic) bond motifs is 3. The molecule has 0 aliphatic carbocycles. The lowest BCUT2D eigenvalue weighted by molar-refractivity contribution is 0.103. The highest BCUT2D eigenvalue weighted by Gasteiger charge is 2.42. The molecule has 0 N–H and O–H groups in total. The first-order chi connectivity index (χ1) is 12.0. The molecule has 0 radical (unpaired) electrons. The Bertz CT molecular complexity index is 1040. The Labute approximate surface area is 148 Å². The molecule has 0 aromatic heterocycles. The van der Waals surface area contributed by atoms with Crippen LogP contribution in [0.15, 0.2) is 54.6 Å². The summed E-state index contributed by atoms with van der Waals surface area (Å²) < 4.78 is 13.1. The Morgan fingerprint density at radius 3 is 2.20 bits per heavy atom. The van der Waals surface area contributed by atoms with Gasteiger partial charge in [0.2, 0.25) is 10.6 Å². The van der Waals surface area contributed by atoms with Gasteiger partial charge >= 0.3 is 7.80 Å². The van der Waals surface area contributed by atoms with E-state index >= 15 is 0 Å². The first-order valence-corrected chi connectivity index (χ1v) is 9.57. The van der Waals surface area contributed by atoms with Crippen molar-refractivity contribution in [3.63, 3.8) is 0 Å². The quantitative estimate of drug-likeness (QED) is 0.393. The average molecular weight is 345 g/mol. The zero-order valence-corrected chi connectivity index (χ0v) is 15.4. The van der Waals surface area contributed by atoms with E-state index in [1.807, 2.05) is 69.3 Å². The van der Waals surface area contributed by atoms with Crippen LogP contribution in [-0.4, -0.2) is 5.78 Å². The van der Waals surface area contributed by atoms with Gasteiger partial charge in [0.25, 0.3) is 0 Å². The summed E-state index contributed by atoms with van der Waals surface area (Å²) in [6.45, 7) is 5.96. The van der Waals surface area contributed by atoms with E-state index in [4.69, 9.17) is 0 Å². The van der Waals surface area contributed by atoms with Crippen molar-refractivity contribution in [3.8, 4) is 11.1 Å². The smallest absolute Gasteiger partial charge is 0.288 e. The van der Waals surface area contributed by atoms with Gasteiger partial charge in [-0.1, -0.05) is 40.5 Å². The molecule has 3 aromatic carbocycles. The van der Waals surface area contributed by atoms with Gasteiger partial charge < -0.3 is 0 Å². The van der Waals surface area contributed by atoms with Crippen LogP contribution >= 0.6 is 7.80 Å². The zero-order valence-electron chi connectivity index (χ0n) is 14.5. The maximum atomic E-state index is 13.3. The fraction of sp³-hybridized carbons (Fsp3) is 0.136. The van der Waals surface area contributed by atoms with Crippen LogP contribution in [0, 0.1) is 20.8 Å². The van der Waals surface area contributed by atoms with Crippen molar-refractivity contribution in [2.24, 2.45) is 0 Å². The van der Waals surface area contributed by atoms with Crippen molar-refractivity contribution >= 4 is 24.2 Å². The topological polar surface area (TPSA) is 34.1 Å². The standard InChI is InChI=1S/C22H18O2P/c1-13-11-14(2)20(15(3)12-13)21(23)18-9-6-8-17-16-7-4-5-10-19(16)25(24)22(17)18/h4-12H,1-3H3/q+1. The second-order valence-electron chi connectivity index (χ2n) is 6.62. The molecule has 0 spiro atoms. The SMILES string of the molecule is Cc1cc(C)c(C(=O)c2cccc3c2[P+](=O)c2ccccc2-3)c(C)c1. The monoisotopic (exact) mass is 345 g/mol. The summed E-state index contributed by atoms with van der Waals surface area (Å²) in [5.41, 5.74) is 6.25. The van der Waals surface area contributed by atoms with E-state index in [2.05, 4.69) is 0 Å². The van der Waals surface area contributed by atoms with E-state index in [9.17, 15) is 9.36 Å². The van der Waals surface area contributed by atoms with E-state index < -0.39 is 7.80 Å². The van der Waals surface area contributed by atoms with Gasteiger partial charge in [0.1, 0.15) is 0 Å². The van der Waals surface area contributed by atoms with Crippen molar-refractivity contribution < 1.29 is 9.36 Å². The van der Waals surface area contributed by atoms with Crippen LogP contribution in [-0.2, 0) is 4.57 Å². The van der Waals surface area contributed by atoms with Gasteiger partial charge in [0.05, 0.1) is 5.56 Å². The van der Waals surface area contributed by atoms with Crippen LogP contribution in [0.3, 0.4) is 0 Å². The molecule has 1 aliphatic rings. The molecule has 0 fully saturated rings. The predicted molar refractivity (Wildman–Crippen MR) is 103 cm³/mol. The second-order valence-corrected chi connectivity index (χ2v) is 8.13. The first-order valence-electron chi connectivity index (χ1n) is 8.31. The number of carbonyl (C=O) groups excluding carboxylic acids is 1. The molecule has 25 heavy (non-hydrogen) atoms. The molecule has 0 saturated carbocycles. The van der Waals surface area contributed by atoms with Gasteiger partial charge in [-0.2, -0.15) is 0 Å². The zero-order chi connectivity index (χ0) is 17.7. The van der Waals surface area contributed by atoms with Crippen molar-refractivity contribution in [1.29, 1.82) is 0 Å². The van der Waals surface area contributed by atoms with Crippen LogP contribution in [0.1, 0.15) is 32.6 Å². The Morgan fingerprint density at radius 2 is 1.48 bits per heavy atom. The van der Waals surface area contributed by atoms with Crippen LogP contribution in [0.2, 0.25) is 0 Å². The van der Waals surface area contributed by atoms with Crippen molar-refractivity contribution in [2.75, 3.05) is 0 Å². The molecule has 4 rings (SSSR count). The Hall–Kier alpha value is -2.57. The van der Waals surface area contributed by atoms with Crippen molar-refractivity contribution in [2.45, 2.75) is 20.8 Å². The third kappa shape index (κ3) is 2.37. The summed E-state index contributed by atoms with van der Waals surface area (Å²) in [4.78, 5) is 13.3. The number of benzene rings is 3. The summed E-state index contributed by atoms with van der Waals surface area (Å²) in [5, 5.41) is 1.51. The summed E-state index contributed by atoms with van der Waals surface area (Å²) in [6.07, 6.45) is 0. The summed E-state index contributed by atoms with van der Waals surface area (Å²) >= 11 is 0. The van der Waals surface area contributed by atoms with Gasteiger partial charge in [0, 0.05) is 16.7 Å². The molecule has 0 amide bonds. The number of ketones is 1. The highest BCUT2D eigenvalue weighted by molar-refractivity contribution is 7.63. The number of aryl methyl sites for hydroxylation is 3. The van der Waals surface area contributed by atoms with Crippen molar-refractivity contribution in [1.82, 2.24) is 0 Å². The number of hydrogen-bond acceptors (Lipinski definition) is 2. The molecule has 0 bridgehead atoms. The number of carbonyl (C=O) groups is 1. The lowest BCUT2D eigenvalue weighted by Gasteiger charge is -2.10. The lowest BCUT2D eigenvalue weighted by atomic mass is 9.92. The van der Waals surface area contributed by atoms with E-state index in [1.54, 1.807) is 6.07 Å². The minimum absolute atomic E-state index is 0.0389. The Morgan fingerprint density at radius 1 is 0.840 bits per heavy atom. The van der Waals surface area contributed by atoms with Crippen LogP contribution in [0.5, 0.6) is 0 Å². The van der Waals surface area contributed by atoms with Gasteiger partial charge in [0.15, 0.2) is 5.78 Å². The minimum atomic E-state index is -1.74. The van der Waals surface area contributed by atoms with E-state index in [0.717, 1.165) is 38.7 Å². The highest BCUT2D eigenvalue weighted by Crippen LogP contribution is 2.39. The molecule has 2 nitrogen and oxygen atoms in total. The number of rotatable bonds is 2. The minimum Gasteiger partial charge on any atom is -0.288 e. The maximum absolute atomic E-state index is 13.3. The molecule has 1 atom stereocenters. The van der Waals surface area contributed by atoms with Gasteiger partial charge in [-0.25, -0.2) is 0 Å². The van der Waals surface area contributed by atoms with Gasteiger partial charge in [-0.05, 0) is 56.2 Å². The molecule has 1 heterocycles. The second kappa shape index (κ2) is 5.75. The Balaban J connectivity index is 1.93. The molecule has 1 unspecified atom stereocenters. The van der Waals surface area contributed by atoms with Crippen LogP contribution in [0.25, 0.3) is 11.1 Å². The summed E-state index contributed by atoms with van der Waals surface area (Å²) in [7, 11) is -1.74. The van der Waals surface area contributed by atoms with Crippen LogP contribution < -0.4 is 10.6 Å². The number of hydrogen-bond donors (Lipinski definition) is 0. The first kappa shape index (κ1) is 15.9. The lowest BCUT2D eigenvalue weighted by Crippen LogP contribution is -2.16. The Kier molecular flexibility index (Phi) is 3.67. The van der Waals surface area contributed by atoms with Crippen molar-refractivity contribution in [3.05, 3.63) is 82.4 Å². The molecule has 3 aromatic rings. The largest absolute Gasteiger partial charge is 0.417 e. The third-order valence-electron chi connectivity index (χ3n) is 4.80. The maximum Gasteiger partial charge on any atom is 0.417 e. The molecule has 0 saturated heterocycles. The normalized spacial score (nSPS) is 13.5. The molecule has 122 valence electrons.